The van der Waals surface area contributed by atoms with Gasteiger partial charge < -0.3 is 30.2 Å². The Labute approximate surface area is 338 Å². The van der Waals surface area contributed by atoms with Gasteiger partial charge in [-0.25, -0.2) is 12.8 Å². The normalized spacial score (nSPS) is 14.1. The minimum Gasteiger partial charge on any atom is -0.494 e. The molecule has 1 aliphatic carbocycles. The summed E-state index contributed by atoms with van der Waals surface area (Å²) in [5.74, 6) is -2.37. The smallest absolute Gasteiger partial charge is 0.417 e. The van der Waals surface area contributed by atoms with Crippen molar-refractivity contribution in [2.45, 2.75) is 62.2 Å². The summed E-state index contributed by atoms with van der Waals surface area (Å²) in [4.78, 5) is 28.5. The van der Waals surface area contributed by atoms with Crippen molar-refractivity contribution in [1.82, 2.24) is 10.3 Å². The Morgan fingerprint density at radius 1 is 0.966 bits per heavy atom. The highest BCUT2D eigenvalue weighted by molar-refractivity contribution is 7.91. The number of aryl methyl sites for hydroxylation is 1. The minimum atomic E-state index is -4.88. The number of hydrogen-bond donors (Lipinski definition) is 4. The van der Waals surface area contributed by atoms with Crippen LogP contribution < -0.4 is 15.4 Å². The summed E-state index contributed by atoms with van der Waals surface area (Å²) in [7, 11) is -4.23. The van der Waals surface area contributed by atoms with E-state index >= 15 is 0 Å². The lowest BCUT2D eigenvalue weighted by molar-refractivity contribution is -0.137. The first-order chi connectivity index (χ1) is 28.1. The first-order valence-electron chi connectivity index (χ1n) is 18.9. The number of aliphatic hydroxyl groups is 1. The zero-order chi connectivity index (χ0) is 42.4. The van der Waals surface area contributed by atoms with Gasteiger partial charge in [-0.1, -0.05) is 24.3 Å². The minimum absolute atomic E-state index is 0.0255. The van der Waals surface area contributed by atoms with E-state index < -0.39 is 50.2 Å². The molecule has 1 aromatic heterocycles. The van der Waals surface area contributed by atoms with E-state index in [0.29, 0.717) is 62.1 Å². The van der Waals surface area contributed by atoms with Crippen LogP contribution in [0, 0.1) is 17.1 Å². The molecule has 1 atom stereocenters. The maximum Gasteiger partial charge on any atom is 0.417 e. The van der Waals surface area contributed by atoms with Gasteiger partial charge in [0.15, 0.2) is 21.2 Å². The first kappa shape index (κ1) is 43.0. The van der Waals surface area contributed by atoms with E-state index in [2.05, 4.69) is 15.6 Å². The van der Waals surface area contributed by atoms with Crippen molar-refractivity contribution in [3.8, 4) is 23.1 Å². The maximum atomic E-state index is 14.3. The summed E-state index contributed by atoms with van der Waals surface area (Å²) in [5, 5.41) is 26.0. The third-order valence-corrected chi connectivity index (χ3v) is 11.8. The number of amides is 1. The molecule has 5 aromatic rings. The standard InChI is InChI=1S/C43H42F4N4O7S/c1-42(54,41(53)50-31-12-11-29(24-48)36(23-31)43(45,46)47)26-59(55,56)33-15-13-32(14-16-33)58-20-4-19-57-18-3-17-49-25-27-7-9-28(10-8-27)40-34-5-2-6-38(52)35-21-30(44)22-37(51-40)39(34)35/h7-16,21-23,49,51,54H,2-6,17-20,25-26H2,1H3,(H,50,53)/t42-/m0/s1. The fraction of sp³-hybridized carbons (Fsp3) is 0.326. The Morgan fingerprint density at radius 3 is 2.41 bits per heavy atom. The highest BCUT2D eigenvalue weighted by Crippen LogP contribution is 2.37. The molecule has 0 unspecified atom stereocenters. The molecule has 0 saturated heterocycles. The number of H-pyrrole nitrogens is 1. The Morgan fingerprint density at radius 2 is 1.69 bits per heavy atom. The topological polar surface area (TPSA) is 171 Å². The number of nitrogens with one attached hydrogen (secondary N) is 3. The predicted molar refractivity (Wildman–Crippen MR) is 212 cm³/mol. The fourth-order valence-electron chi connectivity index (χ4n) is 6.90. The maximum absolute atomic E-state index is 14.3. The molecule has 0 spiro atoms. The molecule has 0 saturated carbocycles. The molecule has 1 amide bonds. The number of ketones is 1. The van der Waals surface area contributed by atoms with E-state index in [1.807, 2.05) is 24.3 Å². The number of Topliss-reactive ketones (excluding diaryl/α,β-unsaturated/α-hetero) is 1. The number of aromatic amines is 1. The van der Waals surface area contributed by atoms with E-state index in [-0.39, 0.29) is 16.4 Å². The van der Waals surface area contributed by atoms with Crippen molar-refractivity contribution < 1.29 is 50.1 Å². The average Bonchev–Trinajstić information content (AvgIpc) is 3.46. The zero-order valence-electron chi connectivity index (χ0n) is 32.0. The Kier molecular flexibility index (Phi) is 13.2. The van der Waals surface area contributed by atoms with E-state index in [1.165, 1.54) is 42.5 Å². The van der Waals surface area contributed by atoms with E-state index in [9.17, 15) is 40.7 Å². The van der Waals surface area contributed by atoms with Crippen LogP contribution in [0.25, 0.3) is 22.2 Å². The molecule has 16 heteroatoms. The third kappa shape index (κ3) is 10.5. The lowest BCUT2D eigenvalue weighted by Gasteiger charge is -2.22. The Balaban J connectivity index is 0.872. The summed E-state index contributed by atoms with van der Waals surface area (Å²) in [6.07, 6.45) is -1.64. The highest BCUT2D eigenvalue weighted by atomic mass is 32.2. The largest absolute Gasteiger partial charge is 0.494 e. The molecule has 310 valence electrons. The predicted octanol–water partition coefficient (Wildman–Crippen LogP) is 7.51. The van der Waals surface area contributed by atoms with Crippen LogP contribution >= 0.6 is 0 Å². The second kappa shape index (κ2) is 18.1. The van der Waals surface area contributed by atoms with Crippen LogP contribution in [-0.4, -0.2) is 67.9 Å². The van der Waals surface area contributed by atoms with Gasteiger partial charge in [0.25, 0.3) is 5.91 Å². The van der Waals surface area contributed by atoms with Gasteiger partial charge in [-0.15, -0.1) is 0 Å². The quantitative estimate of drug-likeness (QED) is 0.0547. The zero-order valence-corrected chi connectivity index (χ0v) is 32.9. The molecule has 0 bridgehead atoms. The molecule has 1 heterocycles. The second-order valence-corrected chi connectivity index (χ2v) is 16.5. The average molecular weight is 835 g/mol. The molecule has 6 rings (SSSR count). The molecule has 0 radical (unpaired) electrons. The molecule has 11 nitrogen and oxygen atoms in total. The number of halogens is 4. The van der Waals surface area contributed by atoms with Crippen molar-refractivity contribution in [2.24, 2.45) is 0 Å². The van der Waals surface area contributed by atoms with Crippen LogP contribution in [0.15, 0.2) is 83.8 Å². The highest BCUT2D eigenvalue weighted by Gasteiger charge is 2.38. The van der Waals surface area contributed by atoms with E-state index in [0.717, 1.165) is 72.6 Å². The number of anilines is 1. The second-order valence-electron chi connectivity index (χ2n) is 14.5. The number of nitriles is 1. The van der Waals surface area contributed by atoms with Gasteiger partial charge >= 0.3 is 6.18 Å². The molecule has 59 heavy (non-hydrogen) atoms. The number of carbonyl (C=O) groups excluding carboxylic acids is 2. The fourth-order valence-corrected chi connectivity index (χ4v) is 8.49. The summed E-state index contributed by atoms with van der Waals surface area (Å²) in [6.45, 7) is 3.63. The van der Waals surface area contributed by atoms with Gasteiger partial charge in [0.05, 0.1) is 34.5 Å². The van der Waals surface area contributed by atoms with Crippen LogP contribution in [0.2, 0.25) is 0 Å². The molecular weight excluding hydrogens is 793 g/mol. The lowest BCUT2D eigenvalue weighted by Crippen LogP contribution is -2.45. The van der Waals surface area contributed by atoms with Crippen LogP contribution in [0.5, 0.6) is 5.75 Å². The van der Waals surface area contributed by atoms with Gasteiger partial charge in [0, 0.05) is 60.4 Å². The molecule has 0 aliphatic heterocycles. The summed E-state index contributed by atoms with van der Waals surface area (Å²) in [6, 6.07) is 20.2. The van der Waals surface area contributed by atoms with Crippen molar-refractivity contribution in [3.05, 3.63) is 112 Å². The van der Waals surface area contributed by atoms with Gasteiger partial charge in [-0.2, -0.15) is 18.4 Å². The van der Waals surface area contributed by atoms with Gasteiger partial charge in [0.1, 0.15) is 11.6 Å². The number of aromatic nitrogens is 1. The number of benzene rings is 4. The van der Waals surface area contributed by atoms with Crippen LogP contribution in [0.4, 0.5) is 23.2 Å². The molecule has 1 aliphatic rings. The van der Waals surface area contributed by atoms with Gasteiger partial charge in [-0.05, 0) is 104 Å². The van der Waals surface area contributed by atoms with Crippen molar-refractivity contribution >= 4 is 38.1 Å². The number of alkyl halides is 3. The molecule has 0 fully saturated rings. The van der Waals surface area contributed by atoms with E-state index in [4.69, 9.17) is 14.7 Å². The van der Waals surface area contributed by atoms with Crippen molar-refractivity contribution in [3.63, 3.8) is 0 Å². The lowest BCUT2D eigenvalue weighted by atomic mass is 9.99. The van der Waals surface area contributed by atoms with E-state index in [1.54, 1.807) is 0 Å². The number of carbonyl (C=O) groups is 2. The molecule has 4 N–H and O–H groups in total. The number of sulfone groups is 1. The Hall–Kier alpha value is -5.60. The first-order valence-corrected chi connectivity index (χ1v) is 20.6. The van der Waals surface area contributed by atoms with Gasteiger partial charge in [0.2, 0.25) is 0 Å². The summed E-state index contributed by atoms with van der Waals surface area (Å²) in [5.41, 5.74) is 0.318. The number of hydrogen-bond acceptors (Lipinski definition) is 9. The van der Waals surface area contributed by atoms with Crippen molar-refractivity contribution in [1.29, 1.82) is 5.26 Å². The SMILES string of the molecule is C[C@](O)(CS(=O)(=O)c1ccc(OCCCOCCCNCc2ccc(-c3[nH]c4cc(F)cc5c4c3CCCC5=O)cc2)cc1)C(=O)Nc1ccc(C#N)c(C(F)(F)F)c1. The summed E-state index contributed by atoms with van der Waals surface area (Å²) < 4.78 is 91.6. The monoisotopic (exact) mass is 834 g/mol. The van der Waals surface area contributed by atoms with Crippen LogP contribution in [0.3, 0.4) is 0 Å². The molecule has 4 aromatic carbocycles. The van der Waals surface area contributed by atoms with Crippen molar-refractivity contribution in [2.75, 3.05) is 37.4 Å². The van der Waals surface area contributed by atoms with Gasteiger partial charge in [-0.3, -0.25) is 9.59 Å². The van der Waals surface area contributed by atoms with Crippen LogP contribution in [0.1, 0.15) is 65.2 Å². The number of ether oxygens (including phenoxy) is 2. The summed E-state index contributed by atoms with van der Waals surface area (Å²) >= 11 is 0. The number of nitrogens with zero attached hydrogens (tertiary/aromatic N) is 1. The van der Waals surface area contributed by atoms with Crippen LogP contribution in [-0.2, 0) is 38.5 Å². The number of rotatable bonds is 17. The Bertz CT molecular complexity index is 2480. The third-order valence-electron chi connectivity index (χ3n) is 9.86. The molecular formula is C43H42F4N4O7S.